The molecule has 132 valence electrons. The lowest BCUT2D eigenvalue weighted by Crippen LogP contribution is -2.50. The summed E-state index contributed by atoms with van der Waals surface area (Å²) >= 11 is 0. The minimum absolute atomic E-state index is 0.0170. The molecule has 0 N–H and O–H groups in total. The molecule has 1 fully saturated rings. The number of carbonyl (C=O) groups is 1. The second-order valence-electron chi connectivity index (χ2n) is 6.69. The lowest BCUT2D eigenvalue weighted by atomic mass is 9.93. The van der Waals surface area contributed by atoms with E-state index >= 15 is 0 Å². The molecule has 0 aliphatic carbocycles. The van der Waals surface area contributed by atoms with E-state index in [0.717, 1.165) is 5.56 Å². The molecule has 0 radical (unpaired) electrons. The van der Waals surface area contributed by atoms with Crippen molar-refractivity contribution >= 4 is 15.7 Å². The summed E-state index contributed by atoms with van der Waals surface area (Å²) in [5, 5.41) is -0.641. The molecule has 1 heterocycles. The minimum Gasteiger partial charge on any atom is -0.332 e. The van der Waals surface area contributed by atoms with E-state index < -0.39 is 21.1 Å². The van der Waals surface area contributed by atoms with Crippen LogP contribution in [-0.2, 0) is 14.6 Å². The first-order valence-corrected chi connectivity index (χ1v) is 10.1. The summed E-state index contributed by atoms with van der Waals surface area (Å²) in [5.74, 6) is 0.0170. The molecule has 3 rings (SSSR count). The Balaban J connectivity index is 2.12. The summed E-state index contributed by atoms with van der Waals surface area (Å²) in [7, 11) is -3.54. The first-order chi connectivity index (χ1) is 11.9. The fraction of sp³-hybridized carbons (Fsp3) is 0.350. The Labute approximate surface area is 149 Å². The first kappa shape index (κ1) is 17.7. The fourth-order valence-corrected chi connectivity index (χ4v) is 5.57. The predicted octanol–water partition coefficient (Wildman–Crippen LogP) is 3.60. The molecule has 2 aromatic rings. The van der Waals surface area contributed by atoms with Crippen molar-refractivity contribution in [2.75, 3.05) is 0 Å². The van der Waals surface area contributed by atoms with Crippen molar-refractivity contribution in [3.8, 4) is 0 Å². The van der Waals surface area contributed by atoms with Crippen LogP contribution in [0.5, 0.6) is 0 Å². The zero-order chi connectivity index (χ0) is 18.0. The van der Waals surface area contributed by atoms with Gasteiger partial charge in [-0.15, -0.1) is 0 Å². The van der Waals surface area contributed by atoms with Crippen molar-refractivity contribution < 1.29 is 13.2 Å². The number of sulfone groups is 1. The highest BCUT2D eigenvalue weighted by molar-refractivity contribution is 7.92. The number of nitrogens with zero attached hydrogens (tertiary/aromatic N) is 1. The van der Waals surface area contributed by atoms with Crippen molar-refractivity contribution in [1.29, 1.82) is 0 Å². The summed E-state index contributed by atoms with van der Waals surface area (Å²) < 4.78 is 26.6. The van der Waals surface area contributed by atoms with E-state index in [9.17, 15) is 13.2 Å². The van der Waals surface area contributed by atoms with E-state index in [0.29, 0.717) is 11.3 Å². The summed E-state index contributed by atoms with van der Waals surface area (Å²) in [6.07, 6.45) is 0.608. The van der Waals surface area contributed by atoms with Crippen molar-refractivity contribution in [3.05, 3.63) is 66.2 Å². The maximum atomic E-state index is 13.3. The van der Waals surface area contributed by atoms with Crippen LogP contribution in [0.1, 0.15) is 38.3 Å². The number of amides is 1. The topological polar surface area (TPSA) is 54.5 Å². The molecule has 0 bridgehead atoms. The maximum Gasteiger partial charge on any atom is 0.223 e. The van der Waals surface area contributed by atoms with Crippen LogP contribution in [0.4, 0.5) is 0 Å². The van der Waals surface area contributed by atoms with E-state index in [4.69, 9.17) is 0 Å². The number of rotatable bonds is 4. The lowest BCUT2D eigenvalue weighted by molar-refractivity contribution is -0.138. The monoisotopic (exact) mass is 357 g/mol. The molecule has 1 aliphatic heterocycles. The zero-order valence-electron chi connectivity index (χ0n) is 14.5. The second kappa shape index (κ2) is 7.00. The van der Waals surface area contributed by atoms with Gasteiger partial charge in [0, 0.05) is 12.5 Å². The number of hydrogen-bond acceptors (Lipinski definition) is 3. The molecule has 1 aliphatic rings. The van der Waals surface area contributed by atoms with E-state index in [-0.39, 0.29) is 18.4 Å². The smallest absolute Gasteiger partial charge is 0.223 e. The molecular weight excluding hydrogens is 334 g/mol. The van der Waals surface area contributed by atoms with Gasteiger partial charge in [-0.2, -0.15) is 0 Å². The van der Waals surface area contributed by atoms with Gasteiger partial charge in [0.25, 0.3) is 0 Å². The Morgan fingerprint density at radius 1 is 0.960 bits per heavy atom. The Morgan fingerprint density at radius 3 is 2.08 bits per heavy atom. The summed E-state index contributed by atoms with van der Waals surface area (Å²) in [5.41, 5.74) is 0.869. The summed E-state index contributed by atoms with van der Waals surface area (Å²) in [6.45, 7) is 3.87. The van der Waals surface area contributed by atoms with Crippen LogP contribution in [0.2, 0.25) is 0 Å². The highest BCUT2D eigenvalue weighted by atomic mass is 32.2. The number of carbonyl (C=O) groups excluding carboxylic acids is 1. The average molecular weight is 357 g/mol. The van der Waals surface area contributed by atoms with Gasteiger partial charge in [-0.1, -0.05) is 48.5 Å². The van der Waals surface area contributed by atoms with E-state index in [1.807, 2.05) is 44.2 Å². The number of piperidine rings is 1. The highest BCUT2D eigenvalue weighted by Crippen LogP contribution is 2.39. The number of benzene rings is 2. The van der Waals surface area contributed by atoms with Crippen LogP contribution in [0.25, 0.3) is 0 Å². The Bertz CT molecular complexity index is 832. The molecule has 2 aromatic carbocycles. The fourth-order valence-electron chi connectivity index (χ4n) is 3.63. The van der Waals surface area contributed by atoms with E-state index in [2.05, 4.69) is 0 Å². The van der Waals surface area contributed by atoms with Gasteiger partial charge in [-0.05, 0) is 38.0 Å². The zero-order valence-corrected chi connectivity index (χ0v) is 15.3. The normalized spacial score (nSPS) is 21.6. The highest BCUT2D eigenvalue weighted by Gasteiger charge is 2.44. The third kappa shape index (κ3) is 3.33. The number of likely N-dealkylation sites (tertiary alicyclic amines) is 1. The maximum absolute atomic E-state index is 13.3. The van der Waals surface area contributed by atoms with Crippen molar-refractivity contribution in [2.24, 2.45) is 0 Å². The van der Waals surface area contributed by atoms with Crippen LogP contribution < -0.4 is 0 Å². The van der Waals surface area contributed by atoms with Gasteiger partial charge >= 0.3 is 0 Å². The van der Waals surface area contributed by atoms with Gasteiger partial charge < -0.3 is 4.90 Å². The van der Waals surface area contributed by atoms with Crippen LogP contribution in [0, 0.1) is 0 Å². The molecule has 1 saturated heterocycles. The molecule has 1 amide bonds. The third-order valence-electron chi connectivity index (χ3n) is 4.75. The van der Waals surface area contributed by atoms with Crippen LogP contribution in [0.15, 0.2) is 65.6 Å². The molecular formula is C20H23NO3S. The third-order valence-corrected chi connectivity index (χ3v) is 6.97. The predicted molar refractivity (Wildman–Crippen MR) is 97.8 cm³/mol. The molecule has 0 aromatic heterocycles. The molecule has 5 heteroatoms. The Kier molecular flexibility index (Phi) is 4.95. The second-order valence-corrected chi connectivity index (χ2v) is 8.85. The van der Waals surface area contributed by atoms with Crippen molar-refractivity contribution in [3.63, 3.8) is 0 Å². The van der Waals surface area contributed by atoms with E-state index in [1.54, 1.807) is 35.2 Å². The lowest BCUT2D eigenvalue weighted by Gasteiger charge is -2.43. The molecule has 4 nitrogen and oxygen atoms in total. The van der Waals surface area contributed by atoms with Crippen LogP contribution in [-0.4, -0.2) is 30.5 Å². The molecule has 0 spiro atoms. The SMILES string of the molecule is CC(C)N1C(=O)CC[C@@H](S(=O)(=O)c2ccccc2)[C@@H]1c1ccccc1. The summed E-state index contributed by atoms with van der Waals surface area (Å²) in [6, 6.07) is 17.5. The van der Waals surface area contributed by atoms with Gasteiger partial charge in [0.15, 0.2) is 9.84 Å². The quantitative estimate of drug-likeness (QED) is 0.840. The standard InChI is InChI=1S/C20H23NO3S/c1-15(2)21-19(22)14-13-18(20(21)16-9-5-3-6-10-16)25(23,24)17-11-7-4-8-12-17/h3-12,15,18,20H,13-14H2,1-2H3/t18-,20+/m1/s1. The van der Waals surface area contributed by atoms with Crippen LogP contribution >= 0.6 is 0 Å². The Hall–Kier alpha value is -2.14. The average Bonchev–Trinajstić information content (AvgIpc) is 2.62. The minimum atomic E-state index is -3.54. The largest absolute Gasteiger partial charge is 0.332 e. The van der Waals surface area contributed by atoms with Gasteiger partial charge in [-0.3, -0.25) is 4.79 Å². The van der Waals surface area contributed by atoms with Crippen molar-refractivity contribution in [2.45, 2.75) is 48.9 Å². The first-order valence-electron chi connectivity index (χ1n) is 8.58. The molecule has 25 heavy (non-hydrogen) atoms. The van der Waals surface area contributed by atoms with E-state index in [1.165, 1.54) is 0 Å². The van der Waals surface area contributed by atoms with Crippen molar-refractivity contribution in [1.82, 2.24) is 4.90 Å². The van der Waals surface area contributed by atoms with Gasteiger partial charge in [0.05, 0.1) is 16.2 Å². The molecule has 0 unspecified atom stereocenters. The molecule has 2 atom stereocenters. The van der Waals surface area contributed by atoms with Gasteiger partial charge in [0.1, 0.15) is 0 Å². The Morgan fingerprint density at radius 2 is 1.52 bits per heavy atom. The summed E-state index contributed by atoms with van der Waals surface area (Å²) in [4.78, 5) is 14.6. The van der Waals surface area contributed by atoms with Crippen LogP contribution in [0.3, 0.4) is 0 Å². The molecule has 0 saturated carbocycles. The van der Waals surface area contributed by atoms with Gasteiger partial charge in [-0.25, -0.2) is 8.42 Å². The number of hydrogen-bond donors (Lipinski definition) is 0. The van der Waals surface area contributed by atoms with Gasteiger partial charge in [0.2, 0.25) is 5.91 Å².